The van der Waals surface area contributed by atoms with Gasteiger partial charge < -0.3 is 9.84 Å². The number of carbonyl (C=O) groups excluding carboxylic acids is 1. The van der Waals surface area contributed by atoms with Crippen LogP contribution in [-0.4, -0.2) is 23.1 Å². The minimum atomic E-state index is -0.678. The number of aliphatic carboxylic acids is 1. The Hall–Kier alpha value is -1.32. The molecule has 1 unspecified atom stereocenters. The maximum atomic E-state index is 12.1. The number of carbonyl (C=O) groups is 2. The van der Waals surface area contributed by atoms with Gasteiger partial charge in [-0.1, -0.05) is 109 Å². The molecule has 4 heteroatoms. The molecule has 0 rings (SSSR count). The topological polar surface area (TPSA) is 63.6 Å². The molecule has 4 nitrogen and oxygen atoms in total. The predicted octanol–water partition coefficient (Wildman–Crippen LogP) is 9.55. The van der Waals surface area contributed by atoms with Crippen molar-refractivity contribution in [1.82, 2.24) is 0 Å². The molecule has 0 aromatic carbocycles. The van der Waals surface area contributed by atoms with Gasteiger partial charge in [0.15, 0.2) is 0 Å². The minimum absolute atomic E-state index is 0.00550. The van der Waals surface area contributed by atoms with E-state index >= 15 is 0 Å². The van der Waals surface area contributed by atoms with Crippen LogP contribution in [0.5, 0.6) is 0 Å². The Balaban J connectivity index is 3.48. The van der Waals surface area contributed by atoms with Gasteiger partial charge in [-0.05, 0) is 51.4 Å². The molecule has 0 amide bonds. The average Bonchev–Trinajstić information content (AvgIpc) is 2.82. The summed E-state index contributed by atoms with van der Waals surface area (Å²) in [5.74, 6) is -0.684. The van der Waals surface area contributed by atoms with E-state index < -0.39 is 5.97 Å². The molecule has 0 saturated heterocycles. The number of hydrogen-bond acceptors (Lipinski definition) is 3. The van der Waals surface area contributed by atoms with E-state index in [9.17, 15) is 9.59 Å². The van der Waals surface area contributed by atoms with Crippen LogP contribution in [0.3, 0.4) is 0 Å². The van der Waals surface area contributed by atoms with Crippen molar-refractivity contribution in [3.8, 4) is 0 Å². The summed E-state index contributed by atoms with van der Waals surface area (Å²) >= 11 is 0. The lowest BCUT2D eigenvalue weighted by molar-refractivity contribution is -0.149. The molecule has 0 saturated carbocycles. The van der Waals surface area contributed by atoms with Crippen molar-refractivity contribution in [3.05, 3.63) is 12.2 Å². The number of carboxylic acids is 1. The molecular formula is C30H56O4. The third-order valence-electron chi connectivity index (χ3n) is 6.56. The van der Waals surface area contributed by atoms with Gasteiger partial charge in [0.05, 0.1) is 0 Å². The first kappa shape index (κ1) is 32.7. The van der Waals surface area contributed by atoms with Crippen LogP contribution in [0, 0.1) is 0 Å². The summed E-state index contributed by atoms with van der Waals surface area (Å²) in [5.41, 5.74) is 0. The van der Waals surface area contributed by atoms with Crippen molar-refractivity contribution in [3.63, 3.8) is 0 Å². The SMILES string of the molecule is CCCC/C=C\CCCCCCCC(=O)OC(CC)CCCCCCCCCCCCC(=O)O. The Bertz CT molecular complexity index is 486. The third kappa shape index (κ3) is 25.3. The van der Waals surface area contributed by atoms with E-state index in [1.165, 1.54) is 83.5 Å². The molecule has 0 aliphatic rings. The molecule has 0 aromatic heterocycles. The maximum absolute atomic E-state index is 12.1. The quantitative estimate of drug-likeness (QED) is 0.0760. The van der Waals surface area contributed by atoms with Gasteiger partial charge >= 0.3 is 11.9 Å². The Morgan fingerprint density at radius 1 is 0.647 bits per heavy atom. The normalized spacial score (nSPS) is 12.3. The van der Waals surface area contributed by atoms with Gasteiger partial charge in [-0.25, -0.2) is 0 Å². The van der Waals surface area contributed by atoms with Crippen LogP contribution in [-0.2, 0) is 14.3 Å². The van der Waals surface area contributed by atoms with Gasteiger partial charge in [-0.15, -0.1) is 0 Å². The van der Waals surface area contributed by atoms with Crippen molar-refractivity contribution in [2.75, 3.05) is 0 Å². The molecule has 0 heterocycles. The fourth-order valence-corrected chi connectivity index (χ4v) is 4.27. The number of carboxylic acid groups (broad SMARTS) is 1. The Morgan fingerprint density at radius 2 is 1.12 bits per heavy atom. The number of hydrogen-bond donors (Lipinski definition) is 1. The van der Waals surface area contributed by atoms with Crippen LogP contribution >= 0.6 is 0 Å². The second-order valence-electron chi connectivity index (χ2n) is 9.91. The molecule has 0 bridgehead atoms. The van der Waals surface area contributed by atoms with E-state index in [0.717, 1.165) is 51.4 Å². The van der Waals surface area contributed by atoms with E-state index in [1.54, 1.807) is 0 Å². The zero-order chi connectivity index (χ0) is 25.1. The summed E-state index contributed by atoms with van der Waals surface area (Å²) in [5, 5.41) is 8.62. The predicted molar refractivity (Wildman–Crippen MR) is 144 cm³/mol. The van der Waals surface area contributed by atoms with Gasteiger partial charge in [0.25, 0.3) is 0 Å². The Morgan fingerprint density at radius 3 is 1.65 bits per heavy atom. The zero-order valence-corrected chi connectivity index (χ0v) is 22.7. The van der Waals surface area contributed by atoms with Crippen LogP contribution in [0.4, 0.5) is 0 Å². The number of rotatable bonds is 26. The number of allylic oxidation sites excluding steroid dienone is 2. The van der Waals surface area contributed by atoms with Crippen molar-refractivity contribution < 1.29 is 19.4 Å². The molecule has 1 N–H and O–H groups in total. The van der Waals surface area contributed by atoms with E-state index in [4.69, 9.17) is 9.84 Å². The van der Waals surface area contributed by atoms with Gasteiger partial charge in [0.2, 0.25) is 0 Å². The lowest BCUT2D eigenvalue weighted by Gasteiger charge is -2.16. The first-order chi connectivity index (χ1) is 16.6. The van der Waals surface area contributed by atoms with E-state index in [2.05, 4.69) is 26.0 Å². The van der Waals surface area contributed by atoms with Crippen LogP contribution in [0.1, 0.15) is 162 Å². The van der Waals surface area contributed by atoms with Crippen molar-refractivity contribution in [2.24, 2.45) is 0 Å². The van der Waals surface area contributed by atoms with Gasteiger partial charge in [0.1, 0.15) is 6.10 Å². The van der Waals surface area contributed by atoms with Crippen LogP contribution < -0.4 is 0 Å². The second kappa shape index (κ2) is 26.3. The highest BCUT2D eigenvalue weighted by Gasteiger charge is 2.12. The summed E-state index contributed by atoms with van der Waals surface area (Å²) in [4.78, 5) is 22.6. The molecule has 0 spiro atoms. The lowest BCUT2D eigenvalue weighted by Crippen LogP contribution is -2.17. The fourth-order valence-electron chi connectivity index (χ4n) is 4.27. The number of ether oxygens (including phenoxy) is 1. The first-order valence-electron chi connectivity index (χ1n) is 14.7. The van der Waals surface area contributed by atoms with Crippen molar-refractivity contribution >= 4 is 11.9 Å². The highest BCUT2D eigenvalue weighted by atomic mass is 16.5. The smallest absolute Gasteiger partial charge is 0.306 e. The zero-order valence-electron chi connectivity index (χ0n) is 22.7. The van der Waals surface area contributed by atoms with E-state index in [-0.39, 0.29) is 12.1 Å². The molecule has 0 radical (unpaired) electrons. The molecule has 0 aliphatic heterocycles. The average molecular weight is 481 g/mol. The molecule has 0 aromatic rings. The van der Waals surface area contributed by atoms with Crippen molar-refractivity contribution in [2.45, 2.75) is 168 Å². The number of unbranched alkanes of at least 4 members (excludes halogenated alkanes) is 16. The largest absolute Gasteiger partial charge is 0.481 e. The fraction of sp³-hybridized carbons (Fsp3) is 0.867. The van der Waals surface area contributed by atoms with E-state index in [0.29, 0.717) is 12.8 Å². The Labute approximate surface area is 211 Å². The monoisotopic (exact) mass is 480 g/mol. The molecule has 0 aliphatic carbocycles. The molecule has 0 fully saturated rings. The van der Waals surface area contributed by atoms with Gasteiger partial charge in [-0.2, -0.15) is 0 Å². The summed E-state index contributed by atoms with van der Waals surface area (Å²) in [6.07, 6.45) is 30.1. The molecule has 200 valence electrons. The second-order valence-corrected chi connectivity index (χ2v) is 9.91. The summed E-state index contributed by atoms with van der Waals surface area (Å²) in [6.45, 7) is 4.35. The molecule has 1 atom stereocenters. The number of esters is 1. The van der Waals surface area contributed by atoms with Crippen LogP contribution in [0.25, 0.3) is 0 Å². The molecular weight excluding hydrogens is 424 g/mol. The maximum Gasteiger partial charge on any atom is 0.306 e. The van der Waals surface area contributed by atoms with Crippen molar-refractivity contribution in [1.29, 1.82) is 0 Å². The summed E-state index contributed by atoms with van der Waals surface area (Å²) in [6, 6.07) is 0. The summed E-state index contributed by atoms with van der Waals surface area (Å²) in [7, 11) is 0. The molecule has 34 heavy (non-hydrogen) atoms. The highest BCUT2D eigenvalue weighted by Crippen LogP contribution is 2.16. The van der Waals surface area contributed by atoms with Gasteiger partial charge in [-0.3, -0.25) is 9.59 Å². The minimum Gasteiger partial charge on any atom is -0.481 e. The van der Waals surface area contributed by atoms with Crippen LogP contribution in [0.2, 0.25) is 0 Å². The Kier molecular flexibility index (Phi) is 25.3. The summed E-state index contributed by atoms with van der Waals surface area (Å²) < 4.78 is 5.71. The highest BCUT2D eigenvalue weighted by molar-refractivity contribution is 5.69. The third-order valence-corrected chi connectivity index (χ3v) is 6.56. The van der Waals surface area contributed by atoms with E-state index in [1.807, 2.05) is 0 Å². The van der Waals surface area contributed by atoms with Crippen LogP contribution in [0.15, 0.2) is 12.2 Å². The van der Waals surface area contributed by atoms with Gasteiger partial charge in [0, 0.05) is 12.8 Å². The lowest BCUT2D eigenvalue weighted by atomic mass is 10.0. The standard InChI is InChI=1S/C30H56O4/c1-3-5-6-7-8-9-10-15-18-21-24-27-30(33)34-28(4-2)25-22-19-16-13-11-12-14-17-20-23-26-29(31)32/h7-8,28H,3-6,9-27H2,1-2H3,(H,31,32)/b8-7-. The first-order valence-corrected chi connectivity index (χ1v) is 14.7.